The summed E-state index contributed by atoms with van der Waals surface area (Å²) in [4.78, 5) is 12.5. The van der Waals surface area contributed by atoms with E-state index < -0.39 is 6.10 Å². The molecule has 4 atom stereocenters. The Bertz CT molecular complexity index is 791. The van der Waals surface area contributed by atoms with Crippen molar-refractivity contribution in [1.82, 2.24) is 5.32 Å². The lowest BCUT2D eigenvalue weighted by Crippen LogP contribution is -2.44. The number of carbonyl (C=O) groups excluding carboxylic acids is 1. The minimum Gasteiger partial charge on any atom is -0.457 e. The lowest BCUT2D eigenvalue weighted by molar-refractivity contribution is 0.0178. The monoisotopic (exact) mass is 355 g/mol. The summed E-state index contributed by atoms with van der Waals surface area (Å²) in [6.45, 7) is 2.59. The normalized spacial score (nSPS) is 27.2. The van der Waals surface area contributed by atoms with Crippen molar-refractivity contribution in [3.63, 3.8) is 0 Å². The maximum Gasteiger partial charge on any atom is 0.251 e. The maximum absolute atomic E-state index is 12.5. The van der Waals surface area contributed by atoms with E-state index in [1.165, 1.54) is 0 Å². The van der Waals surface area contributed by atoms with Gasteiger partial charge in [0.15, 0.2) is 0 Å². The predicted molar refractivity (Wildman–Crippen MR) is 94.4 cm³/mol. The van der Waals surface area contributed by atoms with Crippen LogP contribution in [0.4, 0.5) is 0 Å². The smallest absolute Gasteiger partial charge is 0.251 e. The number of nitrogens with one attached hydrogen (secondary N) is 1. The van der Waals surface area contributed by atoms with Crippen LogP contribution in [0.3, 0.4) is 0 Å². The second-order valence-corrected chi connectivity index (χ2v) is 6.69. The number of ether oxygens (including phenoxy) is 3. The lowest BCUT2D eigenvalue weighted by Gasteiger charge is -2.17. The van der Waals surface area contributed by atoms with Crippen LogP contribution < -0.4 is 10.1 Å². The number of aliphatic hydroxyl groups is 1. The molecule has 0 aromatic heterocycles. The van der Waals surface area contributed by atoms with Gasteiger partial charge in [0.25, 0.3) is 5.91 Å². The van der Waals surface area contributed by atoms with Crippen molar-refractivity contribution in [1.29, 1.82) is 0 Å². The second kappa shape index (κ2) is 7.07. The first-order chi connectivity index (χ1) is 12.6. The molecule has 136 valence electrons. The fourth-order valence-corrected chi connectivity index (χ4v) is 3.34. The number of rotatable bonds is 4. The van der Waals surface area contributed by atoms with Crippen LogP contribution in [0.25, 0.3) is 0 Å². The summed E-state index contributed by atoms with van der Waals surface area (Å²) in [5.41, 5.74) is 1.65. The number of carbonyl (C=O) groups is 1. The molecule has 2 saturated heterocycles. The molecule has 26 heavy (non-hydrogen) atoms. The summed E-state index contributed by atoms with van der Waals surface area (Å²) < 4.78 is 16.8. The van der Waals surface area contributed by atoms with Crippen LogP contribution in [0.5, 0.6) is 11.5 Å². The van der Waals surface area contributed by atoms with Crippen LogP contribution in [0.15, 0.2) is 48.5 Å². The van der Waals surface area contributed by atoms with E-state index >= 15 is 0 Å². The van der Waals surface area contributed by atoms with Crippen LogP contribution in [0.2, 0.25) is 0 Å². The molecule has 2 aliphatic rings. The number of hydrogen-bond donors (Lipinski definition) is 2. The highest BCUT2D eigenvalue weighted by molar-refractivity contribution is 5.94. The first-order valence-electron chi connectivity index (χ1n) is 8.67. The fraction of sp³-hybridized carbons (Fsp3) is 0.350. The number of amides is 1. The molecule has 0 aliphatic carbocycles. The minimum atomic E-state index is -0.625. The van der Waals surface area contributed by atoms with Gasteiger partial charge in [-0.25, -0.2) is 0 Å². The Hall–Kier alpha value is -2.41. The van der Waals surface area contributed by atoms with E-state index in [1.54, 1.807) is 24.3 Å². The number of aliphatic hydroxyl groups excluding tert-OH is 1. The van der Waals surface area contributed by atoms with Gasteiger partial charge in [-0.3, -0.25) is 4.79 Å². The molecule has 2 heterocycles. The predicted octanol–water partition coefficient (Wildman–Crippen LogP) is 2.04. The lowest BCUT2D eigenvalue weighted by atomic mass is 10.1. The molecular weight excluding hydrogens is 334 g/mol. The third-order valence-corrected chi connectivity index (χ3v) is 4.69. The zero-order chi connectivity index (χ0) is 18.1. The van der Waals surface area contributed by atoms with Gasteiger partial charge in [-0.1, -0.05) is 12.1 Å². The topological polar surface area (TPSA) is 77.0 Å². The molecule has 0 unspecified atom stereocenters. The molecule has 6 nitrogen and oxygen atoms in total. The summed E-state index contributed by atoms with van der Waals surface area (Å²) in [5, 5.41) is 12.7. The number of aryl methyl sites for hydroxylation is 1. The third-order valence-electron chi connectivity index (χ3n) is 4.69. The standard InChI is InChI=1S/C20H21NO5/c1-12-3-2-4-15(9-12)26-14-7-5-13(6-8-14)20(23)21-16-10-24-19-17(22)11-25-18(16)19/h2-9,16-19,22H,10-11H2,1H3,(H,21,23)/t16-,17-,18-,19-/m1/s1. The average molecular weight is 355 g/mol. The highest BCUT2D eigenvalue weighted by Crippen LogP contribution is 2.27. The molecule has 4 rings (SSSR count). The first kappa shape index (κ1) is 17.0. The van der Waals surface area contributed by atoms with Gasteiger partial charge in [0.1, 0.15) is 29.8 Å². The summed E-state index contributed by atoms with van der Waals surface area (Å²) in [5.74, 6) is 1.22. The Morgan fingerprint density at radius 1 is 1.08 bits per heavy atom. The summed E-state index contributed by atoms with van der Waals surface area (Å²) in [6, 6.07) is 14.5. The highest BCUT2D eigenvalue weighted by atomic mass is 16.6. The molecule has 6 heteroatoms. The van der Waals surface area contributed by atoms with Gasteiger partial charge in [0.2, 0.25) is 0 Å². The summed E-state index contributed by atoms with van der Waals surface area (Å²) in [7, 11) is 0. The molecule has 2 N–H and O–H groups in total. The molecule has 2 aromatic rings. The zero-order valence-electron chi connectivity index (χ0n) is 14.4. The number of hydrogen-bond acceptors (Lipinski definition) is 5. The van der Waals surface area contributed by atoms with Crippen LogP contribution in [0, 0.1) is 6.92 Å². The maximum atomic E-state index is 12.5. The van der Waals surface area contributed by atoms with Crippen LogP contribution in [0.1, 0.15) is 15.9 Å². The highest BCUT2D eigenvalue weighted by Gasteiger charge is 2.47. The van der Waals surface area contributed by atoms with Crippen molar-refractivity contribution < 1.29 is 24.1 Å². The molecule has 1 amide bonds. The average Bonchev–Trinajstić information content (AvgIpc) is 3.19. The zero-order valence-corrected chi connectivity index (χ0v) is 14.4. The molecule has 2 aliphatic heterocycles. The quantitative estimate of drug-likeness (QED) is 0.878. The van der Waals surface area contributed by atoms with Crippen molar-refractivity contribution in [2.24, 2.45) is 0 Å². The SMILES string of the molecule is Cc1cccc(Oc2ccc(C(=O)N[C@@H]3CO[C@H]4[C@@H]3OC[C@H]4O)cc2)c1. The Kier molecular flexibility index (Phi) is 4.63. The van der Waals surface area contributed by atoms with E-state index in [9.17, 15) is 9.90 Å². The van der Waals surface area contributed by atoms with E-state index in [0.29, 0.717) is 17.9 Å². The van der Waals surface area contributed by atoms with Gasteiger partial charge in [-0.2, -0.15) is 0 Å². The van der Waals surface area contributed by atoms with Crippen molar-refractivity contribution in [3.05, 3.63) is 59.7 Å². The third kappa shape index (κ3) is 3.44. The van der Waals surface area contributed by atoms with Crippen molar-refractivity contribution in [3.8, 4) is 11.5 Å². The fourth-order valence-electron chi connectivity index (χ4n) is 3.34. The summed E-state index contributed by atoms with van der Waals surface area (Å²) >= 11 is 0. The number of benzene rings is 2. The van der Waals surface area contributed by atoms with Gasteiger partial charge in [0.05, 0.1) is 19.3 Å². The Balaban J connectivity index is 1.38. The molecule has 2 fully saturated rings. The van der Waals surface area contributed by atoms with Crippen LogP contribution in [-0.4, -0.2) is 48.6 Å². The van der Waals surface area contributed by atoms with Gasteiger partial charge in [-0.05, 0) is 48.9 Å². The van der Waals surface area contributed by atoms with Gasteiger partial charge in [-0.15, -0.1) is 0 Å². The van der Waals surface area contributed by atoms with Gasteiger partial charge < -0.3 is 24.6 Å². The van der Waals surface area contributed by atoms with Crippen LogP contribution in [-0.2, 0) is 9.47 Å². The van der Waals surface area contributed by atoms with E-state index in [1.807, 2.05) is 31.2 Å². The van der Waals surface area contributed by atoms with E-state index in [-0.39, 0.29) is 30.8 Å². The molecular formula is C20H21NO5. The van der Waals surface area contributed by atoms with Crippen molar-refractivity contribution in [2.45, 2.75) is 31.3 Å². The summed E-state index contributed by atoms with van der Waals surface area (Å²) in [6.07, 6.45) is -1.27. The largest absolute Gasteiger partial charge is 0.457 e. The molecule has 0 bridgehead atoms. The Labute approximate surface area is 151 Å². The number of fused-ring (bicyclic) bond motifs is 1. The van der Waals surface area contributed by atoms with E-state index in [2.05, 4.69) is 5.32 Å². The van der Waals surface area contributed by atoms with Crippen LogP contribution >= 0.6 is 0 Å². The first-order valence-corrected chi connectivity index (χ1v) is 8.67. The molecule has 2 aromatic carbocycles. The molecule has 0 spiro atoms. The van der Waals surface area contributed by atoms with E-state index in [4.69, 9.17) is 14.2 Å². The van der Waals surface area contributed by atoms with Gasteiger partial charge in [0, 0.05) is 5.56 Å². The van der Waals surface area contributed by atoms with Crippen molar-refractivity contribution in [2.75, 3.05) is 13.2 Å². The van der Waals surface area contributed by atoms with E-state index in [0.717, 1.165) is 11.3 Å². The Morgan fingerprint density at radius 2 is 1.85 bits per heavy atom. The minimum absolute atomic E-state index is 0.202. The van der Waals surface area contributed by atoms with Gasteiger partial charge >= 0.3 is 0 Å². The molecule has 0 radical (unpaired) electrons. The second-order valence-electron chi connectivity index (χ2n) is 6.69. The molecule has 0 saturated carbocycles. The Morgan fingerprint density at radius 3 is 2.62 bits per heavy atom. The van der Waals surface area contributed by atoms with Crippen molar-refractivity contribution >= 4 is 5.91 Å².